The second-order valence-corrected chi connectivity index (χ2v) is 4.51. The van der Waals surface area contributed by atoms with Gasteiger partial charge in [-0.1, -0.05) is 6.07 Å². The van der Waals surface area contributed by atoms with Gasteiger partial charge >= 0.3 is 29.6 Å². The van der Waals surface area contributed by atoms with Crippen molar-refractivity contribution >= 4 is 31.9 Å². The molecule has 0 radical (unpaired) electrons. The molecule has 0 aliphatic heterocycles. The molecule has 1 N–H and O–H groups in total. The standard InChI is InChI=1S/C7H8BrNO3S.Na/c1-5-2-3-7(6(8)4-5)9-13(10,11)12;/h2-4,9H,1H3,(H,10,11,12);/q;+1/p-1. The van der Waals surface area contributed by atoms with E-state index in [0.717, 1.165) is 5.56 Å². The monoisotopic (exact) mass is 287 g/mol. The van der Waals surface area contributed by atoms with Gasteiger partial charge in [0.15, 0.2) is 10.3 Å². The van der Waals surface area contributed by atoms with E-state index in [4.69, 9.17) is 0 Å². The van der Waals surface area contributed by atoms with E-state index >= 15 is 0 Å². The molecule has 0 spiro atoms. The second-order valence-electron chi connectivity index (χ2n) is 2.54. The number of hydrogen-bond acceptors (Lipinski definition) is 3. The molecule has 0 saturated heterocycles. The fraction of sp³-hybridized carbons (Fsp3) is 0.143. The van der Waals surface area contributed by atoms with Gasteiger partial charge in [0.05, 0.1) is 5.69 Å². The molecule has 0 atom stereocenters. The summed E-state index contributed by atoms with van der Waals surface area (Å²) < 4.78 is 33.4. The number of benzene rings is 1. The minimum absolute atomic E-state index is 0. The smallest absolute Gasteiger partial charge is 0.731 e. The third-order valence-electron chi connectivity index (χ3n) is 1.36. The zero-order chi connectivity index (χ0) is 10.1. The first kappa shape index (κ1) is 14.4. The van der Waals surface area contributed by atoms with Gasteiger partial charge in [-0.15, -0.1) is 0 Å². The van der Waals surface area contributed by atoms with Crippen LogP contribution >= 0.6 is 15.9 Å². The first-order chi connectivity index (χ1) is 5.88. The van der Waals surface area contributed by atoms with Gasteiger partial charge in [-0.2, -0.15) is 0 Å². The van der Waals surface area contributed by atoms with Crippen LogP contribution in [0.15, 0.2) is 22.7 Å². The van der Waals surface area contributed by atoms with Gasteiger partial charge in [-0.3, -0.25) is 4.72 Å². The summed E-state index contributed by atoms with van der Waals surface area (Å²) in [7, 11) is -4.44. The summed E-state index contributed by atoms with van der Waals surface area (Å²) in [6.45, 7) is 1.86. The van der Waals surface area contributed by atoms with Crippen LogP contribution in [-0.2, 0) is 10.3 Å². The van der Waals surface area contributed by atoms with Gasteiger partial charge in [-0.05, 0) is 40.5 Å². The molecule has 0 saturated carbocycles. The van der Waals surface area contributed by atoms with Crippen LogP contribution in [-0.4, -0.2) is 13.0 Å². The van der Waals surface area contributed by atoms with Crippen molar-refractivity contribution in [2.75, 3.05) is 4.72 Å². The van der Waals surface area contributed by atoms with Crippen molar-refractivity contribution in [1.82, 2.24) is 0 Å². The summed E-state index contributed by atoms with van der Waals surface area (Å²) in [5.74, 6) is 0. The van der Waals surface area contributed by atoms with Crippen LogP contribution in [0.3, 0.4) is 0 Å². The quantitative estimate of drug-likeness (QED) is 0.539. The molecule has 1 rings (SSSR count). The molecule has 72 valence electrons. The molecule has 1 aromatic rings. The number of nitrogens with one attached hydrogen (secondary N) is 1. The Kier molecular flexibility index (Phi) is 5.64. The molecule has 0 aliphatic rings. The van der Waals surface area contributed by atoms with E-state index in [0.29, 0.717) is 4.47 Å². The Balaban J connectivity index is 0.00000169. The van der Waals surface area contributed by atoms with Gasteiger partial charge in [-0.25, -0.2) is 8.42 Å². The van der Waals surface area contributed by atoms with Gasteiger partial charge in [0.25, 0.3) is 0 Å². The Morgan fingerprint density at radius 3 is 2.43 bits per heavy atom. The molecule has 0 aromatic heterocycles. The normalized spacial score (nSPS) is 10.5. The average molecular weight is 288 g/mol. The third kappa shape index (κ3) is 4.77. The number of halogens is 1. The molecular weight excluding hydrogens is 281 g/mol. The zero-order valence-corrected chi connectivity index (χ0v) is 12.1. The van der Waals surface area contributed by atoms with Crippen LogP contribution in [0.1, 0.15) is 5.56 Å². The second kappa shape index (κ2) is 5.48. The minimum Gasteiger partial charge on any atom is -0.731 e. The SMILES string of the molecule is Cc1ccc(NS(=O)(=O)[O-])c(Br)c1.[Na+]. The van der Waals surface area contributed by atoms with E-state index < -0.39 is 10.3 Å². The number of hydrogen-bond donors (Lipinski definition) is 1. The van der Waals surface area contributed by atoms with Crippen molar-refractivity contribution in [2.45, 2.75) is 6.92 Å². The van der Waals surface area contributed by atoms with Crippen LogP contribution < -0.4 is 34.3 Å². The molecule has 0 aliphatic carbocycles. The van der Waals surface area contributed by atoms with Gasteiger partial charge in [0, 0.05) is 4.47 Å². The molecule has 0 bridgehead atoms. The minimum atomic E-state index is -4.44. The van der Waals surface area contributed by atoms with Crippen molar-refractivity contribution in [3.05, 3.63) is 28.2 Å². The molecule has 4 nitrogen and oxygen atoms in total. The Labute approximate surface area is 113 Å². The largest absolute Gasteiger partial charge is 1.00 e. The van der Waals surface area contributed by atoms with Crippen LogP contribution in [0.25, 0.3) is 0 Å². The van der Waals surface area contributed by atoms with Crippen LogP contribution in [0.2, 0.25) is 0 Å². The number of aryl methyl sites for hydroxylation is 1. The van der Waals surface area contributed by atoms with Crippen LogP contribution in [0.5, 0.6) is 0 Å². The number of rotatable bonds is 2. The predicted molar refractivity (Wildman–Crippen MR) is 52.2 cm³/mol. The van der Waals surface area contributed by atoms with Crippen molar-refractivity contribution in [3.8, 4) is 0 Å². The first-order valence-corrected chi connectivity index (χ1v) is 5.58. The van der Waals surface area contributed by atoms with Crippen molar-refractivity contribution in [2.24, 2.45) is 0 Å². The molecular formula is C7H7BrNNaO3S. The van der Waals surface area contributed by atoms with Crippen molar-refractivity contribution < 1.29 is 42.5 Å². The van der Waals surface area contributed by atoms with E-state index in [1.165, 1.54) is 6.07 Å². The molecule has 1 aromatic carbocycles. The number of anilines is 1. The van der Waals surface area contributed by atoms with E-state index in [9.17, 15) is 13.0 Å². The summed E-state index contributed by atoms with van der Waals surface area (Å²) >= 11 is 3.13. The van der Waals surface area contributed by atoms with Crippen molar-refractivity contribution in [1.29, 1.82) is 0 Å². The Bertz CT molecular complexity index is 421. The first-order valence-electron chi connectivity index (χ1n) is 3.38. The Morgan fingerprint density at radius 2 is 2.00 bits per heavy atom. The van der Waals surface area contributed by atoms with E-state index in [1.54, 1.807) is 12.1 Å². The molecule has 14 heavy (non-hydrogen) atoms. The maximum absolute atomic E-state index is 10.4. The van der Waals surface area contributed by atoms with E-state index in [2.05, 4.69) is 15.9 Å². The topological polar surface area (TPSA) is 69.2 Å². The average Bonchev–Trinajstić information content (AvgIpc) is 1.93. The predicted octanol–water partition coefficient (Wildman–Crippen LogP) is -1.37. The van der Waals surface area contributed by atoms with Crippen LogP contribution in [0.4, 0.5) is 5.69 Å². The van der Waals surface area contributed by atoms with Gasteiger partial charge in [0.1, 0.15) is 0 Å². The van der Waals surface area contributed by atoms with Gasteiger partial charge in [0.2, 0.25) is 0 Å². The van der Waals surface area contributed by atoms with Crippen LogP contribution in [0, 0.1) is 6.92 Å². The van der Waals surface area contributed by atoms with E-state index in [-0.39, 0.29) is 35.2 Å². The third-order valence-corrected chi connectivity index (χ3v) is 2.49. The zero-order valence-electron chi connectivity index (χ0n) is 7.74. The summed E-state index contributed by atoms with van der Waals surface area (Å²) in [5.41, 5.74) is 1.22. The molecule has 0 amide bonds. The molecule has 0 fully saturated rings. The molecule has 7 heteroatoms. The summed E-state index contributed by atoms with van der Waals surface area (Å²) in [6, 6.07) is 4.95. The Hall–Kier alpha value is 0.410. The summed E-state index contributed by atoms with van der Waals surface area (Å²) in [6.07, 6.45) is 0. The summed E-state index contributed by atoms with van der Waals surface area (Å²) in [4.78, 5) is 0. The molecule has 0 heterocycles. The van der Waals surface area contributed by atoms with Crippen molar-refractivity contribution in [3.63, 3.8) is 0 Å². The van der Waals surface area contributed by atoms with E-state index in [1.807, 2.05) is 11.6 Å². The fourth-order valence-electron chi connectivity index (χ4n) is 0.838. The molecule has 0 unspecified atom stereocenters. The fourth-order valence-corrected chi connectivity index (χ4v) is 2.01. The van der Waals surface area contributed by atoms with Gasteiger partial charge < -0.3 is 4.55 Å². The Morgan fingerprint density at radius 1 is 1.43 bits per heavy atom. The summed E-state index contributed by atoms with van der Waals surface area (Å²) in [5, 5.41) is 0. The maximum atomic E-state index is 10.4. The maximum Gasteiger partial charge on any atom is 1.00 e.